The molecular formula is C61H119NO5. The van der Waals surface area contributed by atoms with Crippen LogP contribution in [0.3, 0.4) is 0 Å². The van der Waals surface area contributed by atoms with E-state index in [1.54, 1.807) is 0 Å². The van der Waals surface area contributed by atoms with Crippen LogP contribution in [0.1, 0.15) is 328 Å². The first kappa shape index (κ1) is 65.8. The topological polar surface area (TPSA) is 110 Å². The molecule has 398 valence electrons. The van der Waals surface area contributed by atoms with Crippen molar-refractivity contribution in [1.29, 1.82) is 0 Å². The van der Waals surface area contributed by atoms with Gasteiger partial charge in [-0.25, -0.2) is 0 Å². The Kier molecular flexibility index (Phi) is 54.7. The molecule has 0 rings (SSSR count). The Morgan fingerprint density at radius 3 is 0.940 bits per heavy atom. The van der Waals surface area contributed by atoms with E-state index in [9.17, 15) is 25.2 Å². The minimum Gasteiger partial charge on any atom is -0.394 e. The van der Waals surface area contributed by atoms with E-state index in [-0.39, 0.29) is 0 Å². The molecule has 0 aromatic heterocycles. The zero-order valence-electron chi connectivity index (χ0n) is 45.2. The summed E-state index contributed by atoms with van der Waals surface area (Å²) >= 11 is 0. The first-order valence-corrected chi connectivity index (χ1v) is 30.2. The highest BCUT2D eigenvalue weighted by molar-refractivity contribution is 5.80. The van der Waals surface area contributed by atoms with Crippen molar-refractivity contribution in [2.45, 2.75) is 353 Å². The van der Waals surface area contributed by atoms with Gasteiger partial charge in [0.15, 0.2) is 0 Å². The average molecular weight is 947 g/mol. The molecule has 4 atom stereocenters. The second-order valence-corrected chi connectivity index (χ2v) is 21.1. The Bertz CT molecular complexity index is 1020. The summed E-state index contributed by atoms with van der Waals surface area (Å²) in [4.78, 5) is 12.6. The Balaban J connectivity index is 3.60. The molecule has 0 aromatic rings. The van der Waals surface area contributed by atoms with Gasteiger partial charge < -0.3 is 25.7 Å². The first-order chi connectivity index (χ1) is 33.0. The number of allylic oxidation sites excluding steroid dienone is 4. The van der Waals surface area contributed by atoms with Crippen molar-refractivity contribution in [1.82, 2.24) is 5.32 Å². The Morgan fingerprint density at radius 2 is 0.642 bits per heavy atom. The van der Waals surface area contributed by atoms with Gasteiger partial charge in [0.25, 0.3) is 0 Å². The lowest BCUT2D eigenvalue weighted by Crippen LogP contribution is -2.53. The third-order valence-electron chi connectivity index (χ3n) is 14.4. The first-order valence-electron chi connectivity index (χ1n) is 30.2. The van der Waals surface area contributed by atoms with Crippen LogP contribution in [-0.2, 0) is 4.79 Å². The zero-order valence-corrected chi connectivity index (χ0v) is 45.2. The summed E-state index contributed by atoms with van der Waals surface area (Å²) in [5.41, 5.74) is 0. The molecule has 0 aromatic carbocycles. The van der Waals surface area contributed by atoms with E-state index in [0.29, 0.717) is 12.8 Å². The van der Waals surface area contributed by atoms with Gasteiger partial charge in [0, 0.05) is 0 Å². The smallest absolute Gasteiger partial charge is 0.249 e. The molecular weight excluding hydrogens is 827 g/mol. The summed E-state index contributed by atoms with van der Waals surface area (Å²) < 4.78 is 0. The van der Waals surface area contributed by atoms with Crippen LogP contribution in [-0.4, -0.2) is 57.3 Å². The van der Waals surface area contributed by atoms with Gasteiger partial charge in [-0.3, -0.25) is 4.79 Å². The molecule has 1 amide bonds. The van der Waals surface area contributed by atoms with E-state index in [4.69, 9.17) is 0 Å². The maximum Gasteiger partial charge on any atom is 0.249 e. The molecule has 4 unspecified atom stereocenters. The van der Waals surface area contributed by atoms with Gasteiger partial charge >= 0.3 is 0 Å². The number of aliphatic hydroxyl groups is 4. The molecule has 5 N–H and O–H groups in total. The molecule has 0 heterocycles. The summed E-state index contributed by atoms with van der Waals surface area (Å²) in [6.07, 6.45) is 68.3. The van der Waals surface area contributed by atoms with E-state index >= 15 is 0 Å². The minimum atomic E-state index is -1.26. The lowest BCUT2D eigenvalue weighted by Gasteiger charge is -2.27. The van der Waals surface area contributed by atoms with Gasteiger partial charge in [0.05, 0.1) is 18.8 Å². The predicted molar refractivity (Wildman–Crippen MR) is 293 cm³/mol. The highest BCUT2D eigenvalue weighted by Crippen LogP contribution is 2.18. The second kappa shape index (κ2) is 55.7. The van der Waals surface area contributed by atoms with Crippen LogP contribution in [0.25, 0.3) is 0 Å². The van der Waals surface area contributed by atoms with Crippen LogP contribution in [0.5, 0.6) is 0 Å². The van der Waals surface area contributed by atoms with Crippen molar-refractivity contribution in [2.75, 3.05) is 6.61 Å². The minimum absolute atomic E-state index is 0.359. The fourth-order valence-electron chi connectivity index (χ4n) is 9.67. The van der Waals surface area contributed by atoms with Gasteiger partial charge in [0.2, 0.25) is 5.91 Å². The lowest BCUT2D eigenvalue weighted by molar-refractivity contribution is -0.132. The zero-order chi connectivity index (χ0) is 48.8. The van der Waals surface area contributed by atoms with Gasteiger partial charge in [-0.2, -0.15) is 0 Å². The molecule has 0 spiro atoms. The summed E-state index contributed by atoms with van der Waals surface area (Å²) in [6.45, 7) is 4.09. The maximum atomic E-state index is 12.6. The van der Waals surface area contributed by atoms with Crippen LogP contribution >= 0.6 is 0 Å². The Labute approximate surface area is 418 Å². The fourth-order valence-corrected chi connectivity index (χ4v) is 9.67. The molecule has 0 aliphatic heterocycles. The van der Waals surface area contributed by atoms with Gasteiger partial charge in [-0.1, -0.05) is 308 Å². The number of hydrogen-bond donors (Lipinski definition) is 5. The summed E-state index contributed by atoms with van der Waals surface area (Å²) in [5, 5.41) is 44.1. The molecule has 0 saturated heterocycles. The monoisotopic (exact) mass is 946 g/mol. The second-order valence-electron chi connectivity index (χ2n) is 21.1. The molecule has 0 fully saturated rings. The Hall–Kier alpha value is -1.21. The van der Waals surface area contributed by atoms with Crippen LogP contribution in [0.4, 0.5) is 0 Å². The molecule has 6 nitrogen and oxygen atoms in total. The van der Waals surface area contributed by atoms with Gasteiger partial charge in [-0.05, 0) is 44.9 Å². The Morgan fingerprint density at radius 1 is 0.373 bits per heavy atom. The van der Waals surface area contributed by atoms with E-state index in [1.807, 2.05) is 0 Å². The number of carbonyl (C=O) groups excluding carboxylic acids is 1. The molecule has 0 saturated carbocycles. The third kappa shape index (κ3) is 49.6. The molecule has 0 bridgehead atoms. The summed E-state index contributed by atoms with van der Waals surface area (Å²) in [7, 11) is 0. The number of nitrogens with one attached hydrogen (secondary N) is 1. The fraction of sp³-hybridized carbons (Fsp3) is 0.918. The third-order valence-corrected chi connectivity index (χ3v) is 14.4. The molecule has 0 aliphatic carbocycles. The van der Waals surface area contributed by atoms with Gasteiger partial charge in [0.1, 0.15) is 12.2 Å². The molecule has 0 radical (unpaired) electrons. The number of aliphatic hydroxyl groups excluding tert-OH is 4. The van der Waals surface area contributed by atoms with Gasteiger partial charge in [-0.15, -0.1) is 0 Å². The highest BCUT2D eigenvalue weighted by Gasteiger charge is 2.28. The van der Waals surface area contributed by atoms with Crippen molar-refractivity contribution < 1.29 is 25.2 Å². The van der Waals surface area contributed by atoms with Crippen LogP contribution in [0, 0.1) is 0 Å². The van der Waals surface area contributed by atoms with Crippen molar-refractivity contribution in [3.8, 4) is 0 Å². The lowest BCUT2D eigenvalue weighted by atomic mass is 9.99. The largest absolute Gasteiger partial charge is 0.394 e. The van der Waals surface area contributed by atoms with Crippen molar-refractivity contribution in [3.63, 3.8) is 0 Å². The molecule has 67 heavy (non-hydrogen) atoms. The quantitative estimate of drug-likeness (QED) is 0.0308. The molecule has 0 aliphatic rings. The van der Waals surface area contributed by atoms with Crippen LogP contribution < -0.4 is 5.32 Å². The standard InChI is InChI=1S/C61H119NO5/c1-3-5-7-9-11-13-15-17-19-21-23-25-27-28-29-30-31-32-33-35-36-38-40-42-44-46-48-50-52-54-58(64)60(66)57(56-63)62-61(67)59(65)55-53-51-49-47-45-43-41-39-37-34-26-24-22-20-18-16-14-12-10-8-6-4-2/h24,26,37,39,57-60,63-66H,3-23,25,27-36,38,40-56H2,1-2H3,(H,62,67)/b26-24-,39-37-. The average Bonchev–Trinajstić information content (AvgIpc) is 3.33. The number of amides is 1. The summed E-state index contributed by atoms with van der Waals surface area (Å²) in [5.74, 6) is -0.587. The van der Waals surface area contributed by atoms with E-state index in [1.165, 1.54) is 244 Å². The number of carbonyl (C=O) groups is 1. The van der Waals surface area contributed by atoms with Crippen LogP contribution in [0.15, 0.2) is 24.3 Å². The SMILES string of the molecule is CCCCCCCCCCC/C=C\C/C=C\CCCCCCCCC(O)C(=O)NC(CO)C(O)C(O)CCCCCCCCCCCCCCCCCCCCCCCCCCCCCCC. The summed E-state index contributed by atoms with van der Waals surface area (Å²) in [6, 6.07) is -0.990. The van der Waals surface area contributed by atoms with Crippen molar-refractivity contribution >= 4 is 5.91 Å². The predicted octanol–water partition coefficient (Wildman–Crippen LogP) is 17.8. The van der Waals surface area contributed by atoms with E-state index < -0.39 is 36.9 Å². The number of hydrogen-bond acceptors (Lipinski definition) is 5. The maximum absolute atomic E-state index is 12.6. The van der Waals surface area contributed by atoms with Crippen molar-refractivity contribution in [3.05, 3.63) is 24.3 Å². The van der Waals surface area contributed by atoms with E-state index in [0.717, 1.165) is 57.8 Å². The van der Waals surface area contributed by atoms with E-state index in [2.05, 4.69) is 43.5 Å². The normalized spacial score (nSPS) is 13.8. The van der Waals surface area contributed by atoms with Crippen LogP contribution in [0.2, 0.25) is 0 Å². The van der Waals surface area contributed by atoms with Crippen molar-refractivity contribution in [2.24, 2.45) is 0 Å². The molecule has 6 heteroatoms. The number of rotatable bonds is 56. The highest BCUT2D eigenvalue weighted by atomic mass is 16.3. The number of unbranched alkanes of at least 4 members (excludes halogenated alkanes) is 43.